The van der Waals surface area contributed by atoms with Crippen LogP contribution in [0, 0.1) is 13.8 Å². The van der Waals surface area contributed by atoms with E-state index in [0.717, 1.165) is 34.0 Å². The van der Waals surface area contributed by atoms with Crippen LogP contribution >= 0.6 is 0 Å². The number of hydrogen-bond donors (Lipinski definition) is 1. The summed E-state index contributed by atoms with van der Waals surface area (Å²) in [6.45, 7) is 11.3. The Morgan fingerprint density at radius 1 is 1.03 bits per heavy atom. The topological polar surface area (TPSA) is 94.4 Å². The fourth-order valence-corrected chi connectivity index (χ4v) is 3.44. The lowest BCUT2D eigenvalue weighted by molar-refractivity contribution is 0.433. The number of fused-ring (bicyclic) bond motifs is 1. The summed E-state index contributed by atoms with van der Waals surface area (Å²) in [4.78, 5) is 22.0. The molecule has 0 aliphatic carbocycles. The van der Waals surface area contributed by atoms with Gasteiger partial charge in [-0.1, -0.05) is 12.6 Å². The number of anilines is 2. The Hall–Kier alpha value is -4.59. The van der Waals surface area contributed by atoms with E-state index < -0.39 is 0 Å². The normalized spacial score (nSPS) is 11.6. The zero-order chi connectivity index (χ0) is 24.8. The van der Waals surface area contributed by atoms with Gasteiger partial charge in [0.15, 0.2) is 17.4 Å². The minimum Gasteiger partial charge on any atom is -0.462 e. The number of aliphatic imine (C=N–C) groups is 1. The first-order valence-electron chi connectivity index (χ1n) is 11.1. The van der Waals surface area contributed by atoms with Crippen molar-refractivity contribution in [2.45, 2.75) is 27.7 Å². The Morgan fingerprint density at radius 2 is 1.89 bits per heavy atom. The summed E-state index contributed by atoms with van der Waals surface area (Å²) >= 11 is 0. The lowest BCUT2D eigenvalue weighted by Crippen LogP contribution is -2.02. The predicted molar refractivity (Wildman–Crippen MR) is 140 cm³/mol. The first kappa shape index (κ1) is 23.6. The highest BCUT2D eigenvalue weighted by atomic mass is 16.5. The van der Waals surface area contributed by atoms with Gasteiger partial charge in [-0.3, -0.25) is 4.99 Å². The molecule has 0 aliphatic rings. The minimum atomic E-state index is 0.419. The number of aromatic nitrogens is 4. The molecule has 0 spiro atoms. The quantitative estimate of drug-likeness (QED) is 0.225. The van der Waals surface area contributed by atoms with Crippen molar-refractivity contribution < 1.29 is 9.47 Å². The maximum Gasteiger partial charge on any atom is 0.196 e. The van der Waals surface area contributed by atoms with Crippen molar-refractivity contribution in [3.8, 4) is 11.5 Å². The highest BCUT2D eigenvalue weighted by molar-refractivity contribution is 5.87. The molecule has 0 aliphatic heterocycles. The second kappa shape index (κ2) is 10.6. The third kappa shape index (κ3) is 5.33. The number of nitrogens with one attached hydrogen (secondary N) is 1. The Balaban J connectivity index is 1.60. The molecule has 0 saturated carbocycles. The van der Waals surface area contributed by atoms with Crippen LogP contribution in [-0.4, -0.2) is 26.2 Å². The Bertz CT molecular complexity index is 1450. The van der Waals surface area contributed by atoms with E-state index in [2.05, 4.69) is 36.8 Å². The molecule has 0 fully saturated rings. The number of benzene rings is 2. The van der Waals surface area contributed by atoms with Crippen LogP contribution in [0.4, 0.5) is 17.2 Å². The number of allylic oxidation sites excluding steroid dienone is 1. The summed E-state index contributed by atoms with van der Waals surface area (Å²) in [6, 6.07) is 11.7. The molecule has 8 nitrogen and oxygen atoms in total. The van der Waals surface area contributed by atoms with Crippen LogP contribution in [0.5, 0.6) is 11.5 Å². The molecule has 0 unspecified atom stereocenters. The first-order chi connectivity index (χ1) is 17.0. The van der Waals surface area contributed by atoms with Gasteiger partial charge in [0.05, 0.1) is 18.1 Å². The highest BCUT2D eigenvalue weighted by Gasteiger charge is 2.12. The van der Waals surface area contributed by atoms with Crippen molar-refractivity contribution in [1.29, 1.82) is 0 Å². The summed E-state index contributed by atoms with van der Waals surface area (Å²) in [7, 11) is 0. The van der Waals surface area contributed by atoms with Gasteiger partial charge in [-0.25, -0.2) is 19.9 Å². The van der Waals surface area contributed by atoms with Gasteiger partial charge < -0.3 is 14.8 Å². The van der Waals surface area contributed by atoms with Crippen molar-refractivity contribution in [3.05, 3.63) is 84.8 Å². The molecule has 4 aromatic rings. The fraction of sp³-hybridized carbons (Fsp3) is 0.148. The lowest BCUT2D eigenvalue weighted by Gasteiger charge is -2.13. The average Bonchev–Trinajstić information content (AvgIpc) is 2.86. The van der Waals surface area contributed by atoms with E-state index in [1.54, 1.807) is 18.5 Å². The Kier molecular flexibility index (Phi) is 7.11. The third-order valence-electron chi connectivity index (χ3n) is 5.18. The molecule has 0 radical (unpaired) electrons. The molecule has 2 aromatic carbocycles. The van der Waals surface area contributed by atoms with Gasteiger partial charge in [-0.05, 0) is 69.2 Å². The van der Waals surface area contributed by atoms with E-state index in [-0.39, 0.29) is 0 Å². The van der Waals surface area contributed by atoms with Crippen LogP contribution in [0.2, 0.25) is 0 Å². The van der Waals surface area contributed by atoms with Crippen LogP contribution in [0.1, 0.15) is 30.8 Å². The van der Waals surface area contributed by atoms with Gasteiger partial charge in [0.2, 0.25) is 0 Å². The van der Waals surface area contributed by atoms with Gasteiger partial charge >= 0.3 is 0 Å². The Morgan fingerprint density at radius 3 is 2.63 bits per heavy atom. The van der Waals surface area contributed by atoms with E-state index in [1.165, 1.54) is 12.6 Å². The Labute approximate surface area is 204 Å². The minimum absolute atomic E-state index is 0.419. The van der Waals surface area contributed by atoms with Crippen molar-refractivity contribution in [2.75, 3.05) is 5.32 Å². The van der Waals surface area contributed by atoms with Gasteiger partial charge in [0, 0.05) is 18.0 Å². The average molecular weight is 467 g/mol. The highest BCUT2D eigenvalue weighted by Crippen LogP contribution is 2.32. The van der Waals surface area contributed by atoms with Crippen LogP contribution in [0.3, 0.4) is 0 Å². The molecular formula is C27H26N6O2. The second-order valence-electron chi connectivity index (χ2n) is 7.63. The summed E-state index contributed by atoms with van der Waals surface area (Å²) in [5.74, 6) is 2.96. The number of aryl methyl sites for hydroxylation is 2. The second-order valence-corrected chi connectivity index (χ2v) is 7.63. The largest absolute Gasteiger partial charge is 0.462 e. The number of ether oxygens (including phenoxy) is 2. The van der Waals surface area contributed by atoms with Crippen molar-refractivity contribution in [2.24, 2.45) is 4.99 Å². The van der Waals surface area contributed by atoms with Crippen molar-refractivity contribution in [3.63, 3.8) is 0 Å². The zero-order valence-corrected chi connectivity index (χ0v) is 20.1. The first-order valence-corrected chi connectivity index (χ1v) is 11.1. The molecule has 0 saturated heterocycles. The molecule has 2 aromatic heterocycles. The SMILES string of the molecule is C=CO/C(=C\C)c1ncc2ncnc(Nc3ccc(Oc4ccc(C)c(N=CC)c4)c(C)c3)c2n1. The maximum atomic E-state index is 6.13. The van der Waals surface area contributed by atoms with Crippen LogP contribution < -0.4 is 10.1 Å². The third-order valence-corrected chi connectivity index (χ3v) is 5.18. The predicted octanol–water partition coefficient (Wildman–Crippen LogP) is 6.82. The zero-order valence-electron chi connectivity index (χ0n) is 20.1. The van der Waals surface area contributed by atoms with Crippen LogP contribution in [0.25, 0.3) is 16.8 Å². The van der Waals surface area contributed by atoms with Crippen LogP contribution in [0.15, 0.2) is 72.8 Å². The number of rotatable bonds is 8. The lowest BCUT2D eigenvalue weighted by atomic mass is 10.2. The molecule has 0 amide bonds. The van der Waals surface area contributed by atoms with Crippen molar-refractivity contribution >= 4 is 40.2 Å². The molecule has 2 heterocycles. The number of hydrogen-bond acceptors (Lipinski definition) is 8. The molecule has 176 valence electrons. The maximum absolute atomic E-state index is 6.13. The number of nitrogens with zero attached hydrogens (tertiary/aromatic N) is 5. The molecule has 0 atom stereocenters. The van der Waals surface area contributed by atoms with Crippen LogP contribution in [-0.2, 0) is 4.74 Å². The molecular weight excluding hydrogens is 440 g/mol. The summed E-state index contributed by atoms with van der Waals surface area (Å²) in [5.41, 5.74) is 4.96. The van der Waals surface area contributed by atoms with E-state index in [0.29, 0.717) is 28.4 Å². The summed E-state index contributed by atoms with van der Waals surface area (Å²) in [6.07, 6.45) is 8.00. The summed E-state index contributed by atoms with van der Waals surface area (Å²) in [5, 5.41) is 3.33. The monoisotopic (exact) mass is 466 g/mol. The van der Waals surface area contributed by atoms with E-state index >= 15 is 0 Å². The van der Waals surface area contributed by atoms with E-state index in [4.69, 9.17) is 9.47 Å². The summed E-state index contributed by atoms with van der Waals surface area (Å²) < 4.78 is 11.5. The van der Waals surface area contributed by atoms with Gasteiger partial charge in [0.25, 0.3) is 0 Å². The molecule has 8 heteroatoms. The molecule has 35 heavy (non-hydrogen) atoms. The smallest absolute Gasteiger partial charge is 0.196 e. The fourth-order valence-electron chi connectivity index (χ4n) is 3.44. The van der Waals surface area contributed by atoms with Gasteiger partial charge in [-0.15, -0.1) is 0 Å². The standard InChI is InChI=1S/C27H26N6O2/c1-6-23(34-8-3)26-29-15-22-25(33-26)27(31-16-30-22)32-19-10-12-24(18(5)13-19)35-20-11-9-17(4)21(14-20)28-7-2/h6-16H,3H2,1-2,4-5H3,(H,30,31,32)/b23-6-,28-7?. The molecule has 0 bridgehead atoms. The molecule has 1 N–H and O–H groups in total. The molecule has 4 rings (SSSR count). The van der Waals surface area contributed by atoms with Crippen molar-refractivity contribution in [1.82, 2.24) is 19.9 Å². The van der Waals surface area contributed by atoms with E-state index in [1.807, 2.05) is 64.1 Å². The van der Waals surface area contributed by atoms with Gasteiger partial charge in [0.1, 0.15) is 28.9 Å². The van der Waals surface area contributed by atoms with E-state index in [9.17, 15) is 0 Å². The van der Waals surface area contributed by atoms with Gasteiger partial charge in [-0.2, -0.15) is 0 Å².